The fourth-order valence-corrected chi connectivity index (χ4v) is 1.54. The Morgan fingerprint density at radius 3 is 2.22 bits per heavy atom. The minimum Gasteiger partial charge on any atom is -0.445 e. The maximum absolute atomic E-state index is 12.6. The number of nitrogens with zero attached hydrogens (tertiary/aromatic N) is 1. The molecule has 0 unspecified atom stereocenters. The first-order valence-electron chi connectivity index (χ1n) is 5.10. The van der Waals surface area contributed by atoms with Crippen LogP contribution in [-0.2, 0) is 6.18 Å². The van der Waals surface area contributed by atoms with Crippen molar-refractivity contribution >= 4 is 0 Å². The lowest BCUT2D eigenvalue weighted by Crippen LogP contribution is -2.04. The van der Waals surface area contributed by atoms with Gasteiger partial charge in [0.05, 0.1) is 0 Å². The summed E-state index contributed by atoms with van der Waals surface area (Å²) in [5, 5.41) is 8.64. The number of hydrogen-bond acceptors (Lipinski definition) is 2. The summed E-state index contributed by atoms with van der Waals surface area (Å²) in [6.45, 7) is 1.87. The Morgan fingerprint density at radius 2 is 1.78 bits per heavy atom. The summed E-state index contributed by atoms with van der Waals surface area (Å²) in [7, 11) is 0. The first kappa shape index (κ1) is 12.2. The summed E-state index contributed by atoms with van der Waals surface area (Å²) in [6, 6.07) is 9.09. The molecule has 0 saturated heterocycles. The second kappa shape index (κ2) is 4.22. The van der Waals surface area contributed by atoms with Crippen molar-refractivity contribution in [2.24, 2.45) is 0 Å². The maximum Gasteiger partial charge on any atom is 0.420 e. The third kappa shape index (κ3) is 2.23. The third-order valence-electron chi connectivity index (χ3n) is 2.48. The van der Waals surface area contributed by atoms with Crippen LogP contribution in [-0.4, -0.2) is 0 Å². The molecule has 18 heavy (non-hydrogen) atoms. The number of alkyl halides is 3. The average molecular weight is 251 g/mol. The fourth-order valence-electron chi connectivity index (χ4n) is 1.54. The van der Waals surface area contributed by atoms with Gasteiger partial charge in [-0.15, -0.1) is 0 Å². The first-order chi connectivity index (χ1) is 8.41. The number of nitriles is 1. The normalized spacial score (nSPS) is 11.3. The van der Waals surface area contributed by atoms with Crippen molar-refractivity contribution in [1.29, 1.82) is 5.26 Å². The number of furan rings is 1. The van der Waals surface area contributed by atoms with Crippen LogP contribution in [0, 0.1) is 18.3 Å². The van der Waals surface area contributed by atoms with Gasteiger partial charge >= 0.3 is 6.18 Å². The Labute approximate surface area is 101 Å². The molecule has 2 aromatic rings. The van der Waals surface area contributed by atoms with Crippen LogP contribution in [0.25, 0.3) is 11.3 Å². The van der Waals surface area contributed by atoms with Crippen LogP contribution in [0.3, 0.4) is 0 Å². The van der Waals surface area contributed by atoms with Crippen molar-refractivity contribution in [3.05, 3.63) is 47.2 Å². The third-order valence-corrected chi connectivity index (χ3v) is 2.48. The zero-order chi connectivity index (χ0) is 13.3. The molecule has 0 fully saturated rings. The number of rotatable bonds is 1. The molecule has 0 amide bonds. The Bertz CT molecular complexity index is 603. The standard InChI is InChI=1S/C13H8F3NO/c1-8-2-4-9(5-3-8)11-6-10(13(14,15)16)12(7-17)18-11/h2-6H,1H3. The van der Waals surface area contributed by atoms with Gasteiger partial charge in [-0.25, -0.2) is 0 Å². The van der Waals surface area contributed by atoms with Gasteiger partial charge in [-0.3, -0.25) is 0 Å². The van der Waals surface area contributed by atoms with Crippen LogP contribution < -0.4 is 0 Å². The SMILES string of the molecule is Cc1ccc(-c2cc(C(F)(F)F)c(C#N)o2)cc1. The highest BCUT2D eigenvalue weighted by Crippen LogP contribution is 2.36. The summed E-state index contributed by atoms with van der Waals surface area (Å²) in [5.41, 5.74) is 0.454. The van der Waals surface area contributed by atoms with Crippen molar-refractivity contribution in [1.82, 2.24) is 0 Å². The van der Waals surface area contributed by atoms with Crippen LogP contribution in [0.1, 0.15) is 16.9 Å². The molecule has 2 nitrogen and oxygen atoms in total. The number of halogens is 3. The molecule has 0 N–H and O–H groups in total. The molecule has 0 bridgehead atoms. The predicted octanol–water partition coefficient (Wildman–Crippen LogP) is 4.15. The summed E-state index contributed by atoms with van der Waals surface area (Å²) in [6.07, 6.45) is -4.59. The van der Waals surface area contributed by atoms with Crippen molar-refractivity contribution in [3.8, 4) is 17.4 Å². The Hall–Kier alpha value is -2.22. The molecule has 0 radical (unpaired) electrons. The number of hydrogen-bond donors (Lipinski definition) is 0. The van der Waals surface area contributed by atoms with E-state index < -0.39 is 17.5 Å². The van der Waals surface area contributed by atoms with E-state index in [2.05, 4.69) is 0 Å². The van der Waals surface area contributed by atoms with Crippen molar-refractivity contribution in [2.45, 2.75) is 13.1 Å². The van der Waals surface area contributed by atoms with Gasteiger partial charge in [0.2, 0.25) is 5.76 Å². The van der Waals surface area contributed by atoms with E-state index in [1.54, 1.807) is 24.3 Å². The number of benzene rings is 1. The molecule has 0 aliphatic heterocycles. The second-order valence-corrected chi connectivity index (χ2v) is 3.83. The van der Waals surface area contributed by atoms with Gasteiger partial charge < -0.3 is 4.42 Å². The van der Waals surface area contributed by atoms with E-state index in [0.29, 0.717) is 5.56 Å². The monoisotopic (exact) mass is 251 g/mol. The van der Waals surface area contributed by atoms with E-state index in [9.17, 15) is 13.2 Å². The van der Waals surface area contributed by atoms with Gasteiger partial charge in [-0.2, -0.15) is 18.4 Å². The molecule has 2 rings (SSSR count). The maximum atomic E-state index is 12.6. The zero-order valence-corrected chi connectivity index (χ0v) is 9.38. The lowest BCUT2D eigenvalue weighted by Gasteiger charge is -2.01. The van der Waals surface area contributed by atoms with Crippen LogP contribution in [0.15, 0.2) is 34.7 Å². The van der Waals surface area contributed by atoms with Crippen LogP contribution >= 0.6 is 0 Å². The molecule has 0 spiro atoms. The Kier molecular flexibility index (Phi) is 2.87. The molecule has 0 aliphatic rings. The smallest absolute Gasteiger partial charge is 0.420 e. The van der Waals surface area contributed by atoms with E-state index >= 15 is 0 Å². The molecular weight excluding hydrogens is 243 g/mol. The molecule has 1 heterocycles. The van der Waals surface area contributed by atoms with Gasteiger partial charge in [0, 0.05) is 5.56 Å². The van der Waals surface area contributed by atoms with E-state index in [0.717, 1.165) is 11.6 Å². The first-order valence-corrected chi connectivity index (χ1v) is 5.10. The van der Waals surface area contributed by atoms with Crippen LogP contribution in [0.5, 0.6) is 0 Å². The summed E-state index contributed by atoms with van der Waals surface area (Å²) < 4.78 is 42.8. The quantitative estimate of drug-likeness (QED) is 0.763. The van der Waals surface area contributed by atoms with Gasteiger partial charge in [-0.05, 0) is 13.0 Å². The molecule has 92 valence electrons. The largest absolute Gasteiger partial charge is 0.445 e. The highest BCUT2D eigenvalue weighted by molar-refractivity contribution is 5.60. The molecule has 0 saturated carbocycles. The second-order valence-electron chi connectivity index (χ2n) is 3.83. The summed E-state index contributed by atoms with van der Waals surface area (Å²) >= 11 is 0. The summed E-state index contributed by atoms with van der Waals surface area (Å²) in [4.78, 5) is 0. The van der Waals surface area contributed by atoms with E-state index in [1.807, 2.05) is 6.92 Å². The lowest BCUT2D eigenvalue weighted by atomic mass is 10.1. The molecular formula is C13H8F3NO. The van der Waals surface area contributed by atoms with Gasteiger partial charge in [-0.1, -0.05) is 29.8 Å². The zero-order valence-electron chi connectivity index (χ0n) is 9.38. The summed E-state index contributed by atoms with van der Waals surface area (Å²) in [5.74, 6) is -0.669. The minimum absolute atomic E-state index is 0.0406. The van der Waals surface area contributed by atoms with Crippen LogP contribution in [0.2, 0.25) is 0 Å². The highest BCUT2D eigenvalue weighted by atomic mass is 19.4. The van der Waals surface area contributed by atoms with E-state index in [-0.39, 0.29) is 5.76 Å². The minimum atomic E-state index is -4.59. The van der Waals surface area contributed by atoms with Gasteiger partial charge in [0.1, 0.15) is 17.4 Å². The van der Waals surface area contributed by atoms with E-state index in [1.165, 1.54) is 6.07 Å². The van der Waals surface area contributed by atoms with Crippen LogP contribution in [0.4, 0.5) is 13.2 Å². The van der Waals surface area contributed by atoms with Crippen molar-refractivity contribution in [3.63, 3.8) is 0 Å². The highest BCUT2D eigenvalue weighted by Gasteiger charge is 2.37. The van der Waals surface area contributed by atoms with Crippen molar-refractivity contribution in [2.75, 3.05) is 0 Å². The molecule has 1 aromatic heterocycles. The fraction of sp³-hybridized carbons (Fsp3) is 0.154. The van der Waals surface area contributed by atoms with Gasteiger partial charge in [0.15, 0.2) is 0 Å². The average Bonchev–Trinajstić information content (AvgIpc) is 2.73. The van der Waals surface area contributed by atoms with E-state index in [4.69, 9.17) is 9.68 Å². The molecule has 0 atom stereocenters. The van der Waals surface area contributed by atoms with Gasteiger partial charge in [0.25, 0.3) is 0 Å². The molecule has 5 heteroatoms. The Balaban J connectivity index is 2.52. The lowest BCUT2D eigenvalue weighted by molar-refractivity contribution is -0.138. The Morgan fingerprint density at radius 1 is 1.17 bits per heavy atom. The predicted molar refractivity (Wildman–Crippen MR) is 58.6 cm³/mol. The topological polar surface area (TPSA) is 36.9 Å². The molecule has 0 aliphatic carbocycles. The number of aryl methyl sites for hydroxylation is 1. The molecule has 1 aromatic carbocycles. The van der Waals surface area contributed by atoms with Crippen molar-refractivity contribution < 1.29 is 17.6 Å².